The number of rotatable bonds is 4. The second-order valence-electron chi connectivity index (χ2n) is 8.07. The second kappa shape index (κ2) is 8.79. The fourth-order valence-corrected chi connectivity index (χ4v) is 3.90. The Hall–Kier alpha value is -3.35. The molecule has 0 aliphatic carbocycles. The Kier molecular flexibility index (Phi) is 5.93. The SMILES string of the molecule is Cc1nc2ccc(C(=O)N3CCC[C@@H](CNC(=O)c4ccc(F)cc4)C3)cc2nc1C. The van der Waals surface area contributed by atoms with Crippen molar-refractivity contribution in [2.45, 2.75) is 26.7 Å². The lowest BCUT2D eigenvalue weighted by Crippen LogP contribution is -2.43. The highest BCUT2D eigenvalue weighted by atomic mass is 19.1. The fourth-order valence-electron chi connectivity index (χ4n) is 3.90. The molecule has 0 bridgehead atoms. The topological polar surface area (TPSA) is 75.2 Å². The lowest BCUT2D eigenvalue weighted by Gasteiger charge is -2.33. The zero-order chi connectivity index (χ0) is 22.0. The third-order valence-corrected chi connectivity index (χ3v) is 5.79. The maximum atomic E-state index is 13.1. The number of piperidine rings is 1. The first kappa shape index (κ1) is 20.9. The van der Waals surface area contributed by atoms with E-state index in [2.05, 4.69) is 15.3 Å². The minimum Gasteiger partial charge on any atom is -0.352 e. The molecule has 1 aliphatic heterocycles. The predicted molar refractivity (Wildman–Crippen MR) is 116 cm³/mol. The highest BCUT2D eigenvalue weighted by Crippen LogP contribution is 2.20. The van der Waals surface area contributed by atoms with E-state index in [1.54, 1.807) is 12.1 Å². The third-order valence-electron chi connectivity index (χ3n) is 5.79. The van der Waals surface area contributed by atoms with E-state index >= 15 is 0 Å². The molecule has 0 unspecified atom stereocenters. The van der Waals surface area contributed by atoms with Gasteiger partial charge in [-0.3, -0.25) is 9.59 Å². The number of halogens is 1. The molecule has 31 heavy (non-hydrogen) atoms. The molecule has 6 nitrogen and oxygen atoms in total. The standard InChI is InChI=1S/C24H25FN4O2/c1-15-16(2)28-22-12-19(7-10-21(22)27-15)24(31)29-11-3-4-17(14-29)13-26-23(30)18-5-8-20(25)9-6-18/h5-10,12,17H,3-4,11,13-14H2,1-2H3,(H,26,30)/t17-/m0/s1. The lowest BCUT2D eigenvalue weighted by atomic mass is 9.97. The lowest BCUT2D eigenvalue weighted by molar-refractivity contribution is 0.0671. The van der Waals surface area contributed by atoms with Gasteiger partial charge >= 0.3 is 0 Å². The number of carbonyl (C=O) groups excluding carboxylic acids is 2. The van der Waals surface area contributed by atoms with Crippen molar-refractivity contribution in [1.82, 2.24) is 20.2 Å². The number of benzene rings is 2. The van der Waals surface area contributed by atoms with Crippen LogP contribution in [0.4, 0.5) is 4.39 Å². The van der Waals surface area contributed by atoms with Gasteiger partial charge in [-0.2, -0.15) is 0 Å². The highest BCUT2D eigenvalue weighted by molar-refractivity contribution is 5.97. The molecule has 2 heterocycles. The number of nitrogens with one attached hydrogen (secondary N) is 1. The molecule has 3 aromatic rings. The molecular formula is C24H25FN4O2. The van der Waals surface area contributed by atoms with Gasteiger partial charge in [0, 0.05) is 30.8 Å². The van der Waals surface area contributed by atoms with Crippen LogP contribution >= 0.6 is 0 Å². The second-order valence-corrected chi connectivity index (χ2v) is 8.07. The predicted octanol–water partition coefficient (Wildman–Crippen LogP) is 3.67. The summed E-state index contributed by atoms with van der Waals surface area (Å²) in [6, 6.07) is 10.9. The van der Waals surface area contributed by atoms with E-state index < -0.39 is 0 Å². The summed E-state index contributed by atoms with van der Waals surface area (Å²) in [5.41, 5.74) is 4.25. The number of amides is 2. The number of fused-ring (bicyclic) bond motifs is 1. The highest BCUT2D eigenvalue weighted by Gasteiger charge is 2.25. The molecule has 1 N–H and O–H groups in total. The number of aromatic nitrogens is 2. The number of nitrogens with zero attached hydrogens (tertiary/aromatic N) is 3. The molecule has 1 saturated heterocycles. The minimum absolute atomic E-state index is 0.0310. The van der Waals surface area contributed by atoms with Gasteiger partial charge in [-0.05, 0) is 75.1 Å². The van der Waals surface area contributed by atoms with Crippen LogP contribution in [0.25, 0.3) is 11.0 Å². The average molecular weight is 420 g/mol. The summed E-state index contributed by atoms with van der Waals surface area (Å²) in [6.45, 7) is 5.58. The molecule has 2 amide bonds. The van der Waals surface area contributed by atoms with E-state index in [0.29, 0.717) is 36.3 Å². The van der Waals surface area contributed by atoms with Crippen molar-refractivity contribution in [2.75, 3.05) is 19.6 Å². The summed E-state index contributed by atoms with van der Waals surface area (Å²) in [5, 5.41) is 2.91. The molecule has 1 aliphatic rings. The number of likely N-dealkylation sites (tertiary alicyclic amines) is 1. The van der Waals surface area contributed by atoms with Gasteiger partial charge in [0.2, 0.25) is 0 Å². The first-order valence-electron chi connectivity index (χ1n) is 10.5. The molecule has 0 radical (unpaired) electrons. The van der Waals surface area contributed by atoms with E-state index in [1.807, 2.05) is 24.8 Å². The van der Waals surface area contributed by atoms with Crippen molar-refractivity contribution < 1.29 is 14.0 Å². The summed E-state index contributed by atoms with van der Waals surface area (Å²) < 4.78 is 13.0. The third kappa shape index (κ3) is 4.71. The first-order valence-corrected chi connectivity index (χ1v) is 10.5. The van der Waals surface area contributed by atoms with Gasteiger partial charge in [-0.25, -0.2) is 14.4 Å². The summed E-state index contributed by atoms with van der Waals surface area (Å²) in [6.07, 6.45) is 1.82. The van der Waals surface area contributed by atoms with E-state index in [-0.39, 0.29) is 23.5 Å². The minimum atomic E-state index is -0.372. The molecule has 0 saturated carbocycles. The number of hydrogen-bond acceptors (Lipinski definition) is 4. The van der Waals surface area contributed by atoms with Crippen LogP contribution < -0.4 is 5.32 Å². The van der Waals surface area contributed by atoms with E-state index in [1.165, 1.54) is 24.3 Å². The summed E-state index contributed by atoms with van der Waals surface area (Å²) >= 11 is 0. The van der Waals surface area contributed by atoms with Crippen LogP contribution in [0.5, 0.6) is 0 Å². The first-order chi connectivity index (χ1) is 14.9. The smallest absolute Gasteiger partial charge is 0.253 e. The summed E-state index contributed by atoms with van der Waals surface area (Å²) in [7, 11) is 0. The molecule has 1 atom stereocenters. The van der Waals surface area contributed by atoms with Crippen LogP contribution in [0.15, 0.2) is 42.5 Å². The number of hydrogen-bond donors (Lipinski definition) is 1. The molecule has 160 valence electrons. The Morgan fingerprint density at radius 1 is 1.03 bits per heavy atom. The van der Waals surface area contributed by atoms with Crippen molar-refractivity contribution in [1.29, 1.82) is 0 Å². The Bertz CT molecular complexity index is 1130. The number of aryl methyl sites for hydroxylation is 2. The molecule has 4 rings (SSSR count). The normalized spacial score (nSPS) is 16.4. The fraction of sp³-hybridized carbons (Fsp3) is 0.333. The van der Waals surface area contributed by atoms with Crippen molar-refractivity contribution in [3.8, 4) is 0 Å². The van der Waals surface area contributed by atoms with Gasteiger partial charge in [0.15, 0.2) is 0 Å². The van der Waals surface area contributed by atoms with E-state index in [0.717, 1.165) is 29.7 Å². The number of carbonyl (C=O) groups is 2. The Labute approximate surface area is 180 Å². The van der Waals surface area contributed by atoms with Crippen LogP contribution in [0, 0.1) is 25.6 Å². The molecular weight excluding hydrogens is 395 g/mol. The van der Waals surface area contributed by atoms with E-state index in [4.69, 9.17) is 0 Å². The van der Waals surface area contributed by atoms with Gasteiger partial charge in [-0.15, -0.1) is 0 Å². The van der Waals surface area contributed by atoms with Crippen LogP contribution in [0.2, 0.25) is 0 Å². The van der Waals surface area contributed by atoms with Gasteiger partial charge in [0.25, 0.3) is 11.8 Å². The maximum Gasteiger partial charge on any atom is 0.253 e. The van der Waals surface area contributed by atoms with Gasteiger partial charge < -0.3 is 10.2 Å². The Morgan fingerprint density at radius 2 is 1.71 bits per heavy atom. The quantitative estimate of drug-likeness (QED) is 0.699. The summed E-state index contributed by atoms with van der Waals surface area (Å²) in [5.74, 6) is -0.464. The van der Waals surface area contributed by atoms with Gasteiger partial charge in [-0.1, -0.05) is 0 Å². The zero-order valence-corrected chi connectivity index (χ0v) is 17.7. The van der Waals surface area contributed by atoms with Crippen LogP contribution in [-0.2, 0) is 0 Å². The Morgan fingerprint density at radius 3 is 2.45 bits per heavy atom. The summed E-state index contributed by atoms with van der Waals surface area (Å²) in [4.78, 5) is 36.3. The molecule has 1 fully saturated rings. The molecule has 0 spiro atoms. The molecule has 1 aromatic heterocycles. The van der Waals surface area contributed by atoms with Crippen molar-refractivity contribution in [3.63, 3.8) is 0 Å². The average Bonchev–Trinajstić information content (AvgIpc) is 2.78. The van der Waals surface area contributed by atoms with Crippen molar-refractivity contribution >= 4 is 22.8 Å². The van der Waals surface area contributed by atoms with Gasteiger partial charge in [0.05, 0.1) is 22.4 Å². The largest absolute Gasteiger partial charge is 0.352 e. The molecule has 2 aromatic carbocycles. The van der Waals surface area contributed by atoms with Crippen LogP contribution in [0.3, 0.4) is 0 Å². The monoisotopic (exact) mass is 420 g/mol. The van der Waals surface area contributed by atoms with Crippen molar-refractivity contribution in [2.24, 2.45) is 5.92 Å². The maximum absolute atomic E-state index is 13.1. The van der Waals surface area contributed by atoms with Crippen molar-refractivity contribution in [3.05, 3.63) is 70.8 Å². The molecule has 7 heteroatoms. The van der Waals surface area contributed by atoms with Gasteiger partial charge in [0.1, 0.15) is 5.82 Å². The zero-order valence-electron chi connectivity index (χ0n) is 17.7. The van der Waals surface area contributed by atoms with Crippen LogP contribution in [-0.4, -0.2) is 46.3 Å². The van der Waals surface area contributed by atoms with E-state index in [9.17, 15) is 14.0 Å². The Balaban J connectivity index is 1.40. The van der Waals surface area contributed by atoms with Crippen LogP contribution in [0.1, 0.15) is 44.9 Å².